The fraction of sp³-hybridized carbons (Fsp3) is 0.333. The molecule has 2 aromatic heterocycles. The number of pyridine rings is 1. The van der Waals surface area contributed by atoms with Crippen LogP contribution in [0.15, 0.2) is 36.7 Å². The summed E-state index contributed by atoms with van der Waals surface area (Å²) in [5.41, 5.74) is 3.76. The zero-order valence-corrected chi connectivity index (χ0v) is 15.6. The molecule has 2 aliphatic heterocycles. The van der Waals surface area contributed by atoms with E-state index in [0.717, 1.165) is 59.4 Å². The normalized spacial score (nSPS) is 19.8. The predicted octanol–water partition coefficient (Wildman–Crippen LogP) is 3.76. The Kier molecular flexibility index (Phi) is 4.14. The van der Waals surface area contributed by atoms with Crippen molar-refractivity contribution in [3.8, 4) is 16.9 Å². The minimum Gasteiger partial charge on any atom is -0.481 e. The number of H-pyrrole nitrogens is 1. The molecule has 0 aliphatic carbocycles. The summed E-state index contributed by atoms with van der Waals surface area (Å²) in [5.74, 6) is 1.08. The number of ketones is 1. The highest BCUT2D eigenvalue weighted by atomic mass is 35.5. The van der Waals surface area contributed by atoms with E-state index in [2.05, 4.69) is 15.3 Å². The van der Waals surface area contributed by atoms with Gasteiger partial charge in [-0.2, -0.15) is 0 Å². The van der Waals surface area contributed by atoms with Crippen LogP contribution in [-0.4, -0.2) is 34.9 Å². The molecule has 5 rings (SSSR count). The summed E-state index contributed by atoms with van der Waals surface area (Å²) >= 11 is 6.41. The third-order valence-electron chi connectivity index (χ3n) is 5.61. The summed E-state index contributed by atoms with van der Waals surface area (Å²) in [6, 6.07) is 7.80. The number of carbonyl (C=O) groups is 1. The first-order chi connectivity index (χ1) is 13.2. The molecule has 0 bridgehead atoms. The number of nitrogens with one attached hydrogen (secondary N) is 2. The molecule has 4 heterocycles. The largest absolute Gasteiger partial charge is 0.481 e. The lowest BCUT2D eigenvalue weighted by molar-refractivity contribution is -0.129. The van der Waals surface area contributed by atoms with Crippen LogP contribution in [0.5, 0.6) is 5.75 Å². The molecule has 2 aliphatic rings. The first-order valence-electron chi connectivity index (χ1n) is 9.36. The van der Waals surface area contributed by atoms with Gasteiger partial charge in [-0.3, -0.25) is 4.79 Å². The van der Waals surface area contributed by atoms with Crippen molar-refractivity contribution in [2.24, 2.45) is 5.92 Å². The van der Waals surface area contributed by atoms with Crippen molar-refractivity contribution in [3.63, 3.8) is 0 Å². The van der Waals surface area contributed by atoms with Crippen LogP contribution in [0.25, 0.3) is 22.2 Å². The number of rotatable bonds is 3. The molecule has 5 nitrogen and oxygen atoms in total. The molecular weight excluding hydrogens is 362 g/mol. The summed E-state index contributed by atoms with van der Waals surface area (Å²) in [6.07, 6.45) is 5.59. The zero-order chi connectivity index (χ0) is 18.4. The predicted molar refractivity (Wildman–Crippen MR) is 105 cm³/mol. The van der Waals surface area contributed by atoms with E-state index in [1.165, 1.54) is 0 Å². The van der Waals surface area contributed by atoms with E-state index >= 15 is 0 Å². The molecule has 1 atom stereocenters. The second kappa shape index (κ2) is 6.66. The van der Waals surface area contributed by atoms with E-state index in [0.29, 0.717) is 11.4 Å². The van der Waals surface area contributed by atoms with Crippen LogP contribution in [-0.2, 0) is 11.2 Å². The van der Waals surface area contributed by atoms with E-state index in [1.807, 2.05) is 30.5 Å². The van der Waals surface area contributed by atoms with Gasteiger partial charge in [0.15, 0.2) is 11.9 Å². The molecule has 0 amide bonds. The smallest absolute Gasteiger partial charge is 0.176 e. The third-order valence-corrected chi connectivity index (χ3v) is 5.82. The molecule has 2 N–H and O–H groups in total. The lowest BCUT2D eigenvalue weighted by atomic mass is 9.89. The first kappa shape index (κ1) is 16.8. The number of aromatic nitrogens is 2. The number of nitrogens with zero attached hydrogens (tertiary/aromatic N) is 1. The second-order valence-electron chi connectivity index (χ2n) is 7.28. The molecule has 0 radical (unpaired) electrons. The molecule has 1 fully saturated rings. The van der Waals surface area contributed by atoms with Gasteiger partial charge in [0, 0.05) is 46.3 Å². The molecule has 0 spiro atoms. The number of piperidine rings is 1. The summed E-state index contributed by atoms with van der Waals surface area (Å²) in [5, 5.41) is 4.98. The maximum Gasteiger partial charge on any atom is 0.176 e. The van der Waals surface area contributed by atoms with Crippen molar-refractivity contribution < 1.29 is 9.53 Å². The monoisotopic (exact) mass is 381 g/mol. The van der Waals surface area contributed by atoms with Gasteiger partial charge in [-0.1, -0.05) is 11.6 Å². The minimum absolute atomic E-state index is 0.0850. The Morgan fingerprint density at radius 1 is 1.19 bits per heavy atom. The number of fused-ring (bicyclic) bond motifs is 2. The van der Waals surface area contributed by atoms with Gasteiger partial charge in [0.2, 0.25) is 0 Å². The third kappa shape index (κ3) is 2.91. The SMILES string of the molecule is O=C(C1CCNCC1)C1Cc2cc(Cl)cc(-c3ccnc4[nH]ccc34)c2O1. The number of Topliss-reactive ketones (excluding diaryl/α,β-unsaturated/α-hetero) is 1. The highest BCUT2D eigenvalue weighted by Gasteiger charge is 2.36. The van der Waals surface area contributed by atoms with E-state index in [-0.39, 0.29) is 11.7 Å². The summed E-state index contributed by atoms with van der Waals surface area (Å²) < 4.78 is 6.23. The standard InChI is InChI=1S/C21H20ClN3O2/c22-14-9-13-10-18(19(26)12-1-5-23-6-2-12)27-20(13)17(11-14)15-3-7-24-21-16(15)4-8-25-21/h3-4,7-9,11-12,18,23H,1-2,5-6,10H2,(H,24,25). The lowest BCUT2D eigenvalue weighted by Crippen LogP contribution is -2.38. The van der Waals surface area contributed by atoms with Gasteiger partial charge < -0.3 is 15.0 Å². The summed E-state index contributed by atoms with van der Waals surface area (Å²) in [6.45, 7) is 1.80. The van der Waals surface area contributed by atoms with Crippen LogP contribution in [0.4, 0.5) is 0 Å². The van der Waals surface area contributed by atoms with Crippen molar-refractivity contribution >= 4 is 28.4 Å². The average molecular weight is 382 g/mol. The van der Waals surface area contributed by atoms with Crippen molar-refractivity contribution in [1.29, 1.82) is 0 Å². The van der Waals surface area contributed by atoms with Crippen LogP contribution in [0.2, 0.25) is 5.02 Å². The van der Waals surface area contributed by atoms with Gasteiger partial charge in [0.1, 0.15) is 11.4 Å². The first-order valence-corrected chi connectivity index (χ1v) is 9.74. The van der Waals surface area contributed by atoms with E-state index in [9.17, 15) is 4.79 Å². The van der Waals surface area contributed by atoms with E-state index in [1.54, 1.807) is 6.20 Å². The maximum atomic E-state index is 13.0. The Balaban J connectivity index is 1.53. The molecule has 1 aromatic carbocycles. The fourth-order valence-corrected chi connectivity index (χ4v) is 4.49. The Hall–Kier alpha value is -2.37. The molecule has 138 valence electrons. The van der Waals surface area contributed by atoms with Gasteiger partial charge in [-0.05, 0) is 55.8 Å². The molecule has 0 saturated carbocycles. The Labute approximate surface area is 162 Å². The Morgan fingerprint density at radius 2 is 2.04 bits per heavy atom. The topological polar surface area (TPSA) is 67.0 Å². The van der Waals surface area contributed by atoms with Crippen LogP contribution < -0.4 is 10.1 Å². The van der Waals surface area contributed by atoms with Crippen LogP contribution >= 0.6 is 11.6 Å². The minimum atomic E-state index is -0.413. The van der Waals surface area contributed by atoms with E-state index in [4.69, 9.17) is 16.3 Å². The van der Waals surface area contributed by atoms with Crippen molar-refractivity contribution in [2.45, 2.75) is 25.4 Å². The van der Waals surface area contributed by atoms with Crippen molar-refractivity contribution in [3.05, 3.63) is 47.2 Å². The van der Waals surface area contributed by atoms with E-state index < -0.39 is 6.10 Å². The fourth-order valence-electron chi connectivity index (χ4n) is 4.25. The number of carbonyl (C=O) groups excluding carboxylic acids is 1. The van der Waals surface area contributed by atoms with Crippen LogP contribution in [0.3, 0.4) is 0 Å². The number of hydrogen-bond acceptors (Lipinski definition) is 4. The Bertz CT molecular complexity index is 1020. The highest BCUT2D eigenvalue weighted by Crippen LogP contribution is 2.43. The van der Waals surface area contributed by atoms with Gasteiger partial charge in [-0.25, -0.2) is 4.98 Å². The number of aromatic amines is 1. The average Bonchev–Trinajstić information content (AvgIpc) is 3.34. The summed E-state index contributed by atoms with van der Waals surface area (Å²) in [4.78, 5) is 20.5. The molecule has 3 aromatic rings. The Morgan fingerprint density at radius 3 is 2.89 bits per heavy atom. The van der Waals surface area contributed by atoms with Gasteiger partial charge in [-0.15, -0.1) is 0 Å². The zero-order valence-electron chi connectivity index (χ0n) is 14.8. The van der Waals surface area contributed by atoms with Gasteiger partial charge in [0.05, 0.1) is 0 Å². The second-order valence-corrected chi connectivity index (χ2v) is 7.71. The molecular formula is C21H20ClN3O2. The van der Waals surface area contributed by atoms with Gasteiger partial charge >= 0.3 is 0 Å². The van der Waals surface area contributed by atoms with Gasteiger partial charge in [0.25, 0.3) is 0 Å². The highest BCUT2D eigenvalue weighted by molar-refractivity contribution is 6.31. The van der Waals surface area contributed by atoms with Crippen molar-refractivity contribution in [2.75, 3.05) is 13.1 Å². The van der Waals surface area contributed by atoms with Crippen LogP contribution in [0.1, 0.15) is 18.4 Å². The molecule has 6 heteroatoms. The van der Waals surface area contributed by atoms with Crippen molar-refractivity contribution in [1.82, 2.24) is 15.3 Å². The summed E-state index contributed by atoms with van der Waals surface area (Å²) in [7, 11) is 0. The molecule has 1 unspecified atom stereocenters. The number of halogens is 1. The maximum absolute atomic E-state index is 13.0. The number of benzene rings is 1. The lowest BCUT2D eigenvalue weighted by Gasteiger charge is -2.23. The number of hydrogen-bond donors (Lipinski definition) is 2. The molecule has 1 saturated heterocycles. The quantitative estimate of drug-likeness (QED) is 0.725. The number of ether oxygens (including phenoxy) is 1. The van der Waals surface area contributed by atoms with Crippen LogP contribution in [0, 0.1) is 5.92 Å². The molecule has 27 heavy (non-hydrogen) atoms.